The van der Waals surface area contributed by atoms with Crippen LogP contribution in [0.4, 0.5) is 5.69 Å². The summed E-state index contributed by atoms with van der Waals surface area (Å²) >= 11 is 0. The molecular formula is C23H30N2O4S. The molecule has 2 amide bonds. The highest BCUT2D eigenvalue weighted by Gasteiger charge is 2.21. The van der Waals surface area contributed by atoms with Gasteiger partial charge in [-0.15, -0.1) is 0 Å². The van der Waals surface area contributed by atoms with Gasteiger partial charge in [0.05, 0.1) is 10.6 Å². The Hall–Kier alpha value is -2.67. The molecule has 1 N–H and O–H groups in total. The SMILES string of the molecule is Cc1ccc(NC(=O)c2cccc(S(=O)(=O)CC(C)CCC(=O)N(C)C)c2)cc1C. The first-order valence-corrected chi connectivity index (χ1v) is 11.6. The zero-order chi connectivity index (χ0) is 22.5. The fourth-order valence-corrected chi connectivity index (χ4v) is 4.70. The molecule has 162 valence electrons. The van der Waals surface area contributed by atoms with E-state index in [9.17, 15) is 18.0 Å². The number of hydrogen-bond acceptors (Lipinski definition) is 4. The van der Waals surface area contributed by atoms with Gasteiger partial charge in [0.2, 0.25) is 5.91 Å². The summed E-state index contributed by atoms with van der Waals surface area (Å²) < 4.78 is 25.6. The Morgan fingerprint density at radius 3 is 2.37 bits per heavy atom. The predicted octanol–water partition coefficient (Wildman–Crippen LogP) is 3.83. The summed E-state index contributed by atoms with van der Waals surface area (Å²) in [7, 11) is -0.216. The second kappa shape index (κ2) is 9.89. The molecule has 2 aromatic rings. The van der Waals surface area contributed by atoms with Crippen molar-refractivity contribution < 1.29 is 18.0 Å². The summed E-state index contributed by atoms with van der Waals surface area (Å²) in [5.74, 6) is -0.633. The van der Waals surface area contributed by atoms with Gasteiger partial charge in [0.1, 0.15) is 0 Å². The van der Waals surface area contributed by atoms with Crippen molar-refractivity contribution in [3.8, 4) is 0 Å². The van der Waals surface area contributed by atoms with Crippen molar-refractivity contribution in [2.24, 2.45) is 5.92 Å². The van der Waals surface area contributed by atoms with Gasteiger partial charge in [-0.25, -0.2) is 8.42 Å². The van der Waals surface area contributed by atoms with Crippen LogP contribution in [0.1, 0.15) is 41.3 Å². The van der Waals surface area contributed by atoms with Gasteiger partial charge < -0.3 is 10.2 Å². The summed E-state index contributed by atoms with van der Waals surface area (Å²) in [4.78, 5) is 25.9. The highest BCUT2D eigenvalue weighted by molar-refractivity contribution is 7.91. The Morgan fingerprint density at radius 2 is 1.73 bits per heavy atom. The van der Waals surface area contributed by atoms with E-state index in [1.165, 1.54) is 17.0 Å². The number of amides is 2. The van der Waals surface area contributed by atoms with Crippen LogP contribution in [0.15, 0.2) is 47.4 Å². The van der Waals surface area contributed by atoms with Crippen LogP contribution in [0, 0.1) is 19.8 Å². The van der Waals surface area contributed by atoms with Crippen molar-refractivity contribution in [3.05, 3.63) is 59.2 Å². The van der Waals surface area contributed by atoms with E-state index in [1.54, 1.807) is 26.2 Å². The van der Waals surface area contributed by atoms with Gasteiger partial charge in [-0.1, -0.05) is 19.1 Å². The third-order valence-electron chi connectivity index (χ3n) is 5.07. The maximum Gasteiger partial charge on any atom is 0.255 e. The second-order valence-electron chi connectivity index (χ2n) is 7.99. The quantitative estimate of drug-likeness (QED) is 0.690. The van der Waals surface area contributed by atoms with Crippen molar-refractivity contribution in [2.45, 2.75) is 38.5 Å². The van der Waals surface area contributed by atoms with Gasteiger partial charge in [0.25, 0.3) is 5.91 Å². The molecule has 0 aliphatic carbocycles. The molecule has 1 unspecified atom stereocenters. The second-order valence-corrected chi connectivity index (χ2v) is 10.0. The van der Waals surface area contributed by atoms with Crippen LogP contribution in [0.25, 0.3) is 0 Å². The van der Waals surface area contributed by atoms with Crippen molar-refractivity contribution in [2.75, 3.05) is 25.2 Å². The lowest BCUT2D eigenvalue weighted by Crippen LogP contribution is -2.23. The molecule has 0 saturated heterocycles. The lowest BCUT2D eigenvalue weighted by Gasteiger charge is -2.15. The molecule has 0 spiro atoms. The van der Waals surface area contributed by atoms with E-state index in [-0.39, 0.29) is 33.9 Å². The van der Waals surface area contributed by atoms with E-state index in [2.05, 4.69) is 5.32 Å². The van der Waals surface area contributed by atoms with Gasteiger partial charge in [0, 0.05) is 31.8 Å². The van der Waals surface area contributed by atoms with Gasteiger partial charge in [0.15, 0.2) is 9.84 Å². The fraction of sp³-hybridized carbons (Fsp3) is 0.391. The first-order valence-electron chi connectivity index (χ1n) is 9.91. The average Bonchev–Trinajstić information content (AvgIpc) is 2.68. The fourth-order valence-electron chi connectivity index (χ4n) is 3.00. The Morgan fingerprint density at radius 1 is 1.03 bits per heavy atom. The van der Waals surface area contributed by atoms with E-state index in [0.717, 1.165) is 11.1 Å². The molecule has 7 heteroatoms. The van der Waals surface area contributed by atoms with Crippen LogP contribution in [0.3, 0.4) is 0 Å². The zero-order valence-corrected chi connectivity index (χ0v) is 19.0. The van der Waals surface area contributed by atoms with Gasteiger partial charge in [-0.05, 0) is 67.6 Å². The monoisotopic (exact) mass is 430 g/mol. The number of anilines is 1. The maximum atomic E-state index is 12.8. The standard InChI is InChI=1S/C23H30N2O4S/c1-16(9-12-22(26)25(4)5)15-30(28,29)21-8-6-7-19(14-21)23(27)24-20-11-10-17(2)18(3)13-20/h6-8,10-11,13-14,16H,9,12,15H2,1-5H3,(H,24,27). The van der Waals surface area contributed by atoms with Gasteiger partial charge in [-0.2, -0.15) is 0 Å². The molecule has 2 rings (SSSR count). The highest BCUT2D eigenvalue weighted by Crippen LogP contribution is 2.20. The predicted molar refractivity (Wildman–Crippen MR) is 119 cm³/mol. The van der Waals surface area contributed by atoms with Crippen LogP contribution >= 0.6 is 0 Å². The molecule has 30 heavy (non-hydrogen) atoms. The van der Waals surface area contributed by atoms with Crippen LogP contribution in [-0.2, 0) is 14.6 Å². The summed E-state index contributed by atoms with van der Waals surface area (Å²) in [5, 5.41) is 2.81. The zero-order valence-electron chi connectivity index (χ0n) is 18.2. The summed E-state index contributed by atoms with van der Waals surface area (Å²) in [6.45, 7) is 5.77. The van der Waals surface area contributed by atoms with E-state index in [4.69, 9.17) is 0 Å². The molecule has 0 bridgehead atoms. The molecule has 0 fully saturated rings. The molecule has 0 aliphatic heterocycles. The first kappa shape index (κ1) is 23.6. The number of nitrogens with one attached hydrogen (secondary N) is 1. The van der Waals surface area contributed by atoms with Crippen molar-refractivity contribution in [3.63, 3.8) is 0 Å². The molecule has 6 nitrogen and oxygen atoms in total. The maximum absolute atomic E-state index is 12.8. The number of carbonyl (C=O) groups is 2. The largest absolute Gasteiger partial charge is 0.349 e. The average molecular weight is 431 g/mol. The van der Waals surface area contributed by atoms with Gasteiger partial charge >= 0.3 is 0 Å². The van der Waals surface area contributed by atoms with Crippen LogP contribution in [0.5, 0.6) is 0 Å². The number of nitrogens with zero attached hydrogens (tertiary/aromatic N) is 1. The third-order valence-corrected chi connectivity index (χ3v) is 7.05. The minimum Gasteiger partial charge on any atom is -0.349 e. The lowest BCUT2D eigenvalue weighted by molar-refractivity contribution is -0.128. The Labute approximate surface area is 179 Å². The molecule has 0 saturated carbocycles. The minimum atomic E-state index is -3.57. The molecule has 2 aromatic carbocycles. The number of carbonyl (C=O) groups excluding carboxylic acids is 2. The lowest BCUT2D eigenvalue weighted by atomic mass is 10.1. The molecular weight excluding hydrogens is 400 g/mol. The summed E-state index contributed by atoms with van der Waals surface area (Å²) in [6.07, 6.45) is 0.797. The number of sulfone groups is 1. The molecule has 1 atom stereocenters. The van der Waals surface area contributed by atoms with Crippen LogP contribution in [0.2, 0.25) is 0 Å². The number of benzene rings is 2. The Kier molecular flexibility index (Phi) is 7.78. The molecule has 0 radical (unpaired) electrons. The van der Waals surface area contributed by atoms with Crippen molar-refractivity contribution in [1.29, 1.82) is 0 Å². The molecule has 0 aliphatic rings. The first-order chi connectivity index (χ1) is 14.0. The number of aryl methyl sites for hydroxylation is 2. The van der Waals surface area contributed by atoms with E-state index >= 15 is 0 Å². The third kappa shape index (κ3) is 6.42. The molecule has 0 aromatic heterocycles. The smallest absolute Gasteiger partial charge is 0.255 e. The number of hydrogen-bond donors (Lipinski definition) is 1. The van der Waals surface area contributed by atoms with Crippen molar-refractivity contribution >= 4 is 27.3 Å². The van der Waals surface area contributed by atoms with Crippen LogP contribution in [-0.4, -0.2) is 45.0 Å². The summed E-state index contributed by atoms with van der Waals surface area (Å²) in [5.41, 5.74) is 3.13. The minimum absolute atomic E-state index is 0.0238. The van der Waals surface area contributed by atoms with E-state index < -0.39 is 9.84 Å². The molecule has 0 heterocycles. The van der Waals surface area contributed by atoms with Crippen molar-refractivity contribution in [1.82, 2.24) is 4.90 Å². The Bertz CT molecular complexity index is 1030. The normalized spacial score (nSPS) is 12.3. The van der Waals surface area contributed by atoms with Crippen LogP contribution < -0.4 is 5.32 Å². The highest BCUT2D eigenvalue weighted by atomic mass is 32.2. The Balaban J connectivity index is 2.09. The number of rotatable bonds is 8. The van der Waals surface area contributed by atoms with E-state index in [1.807, 2.05) is 39.0 Å². The van der Waals surface area contributed by atoms with E-state index in [0.29, 0.717) is 18.5 Å². The summed E-state index contributed by atoms with van der Waals surface area (Å²) in [6, 6.07) is 11.7. The van der Waals surface area contributed by atoms with Gasteiger partial charge in [-0.3, -0.25) is 9.59 Å². The topological polar surface area (TPSA) is 83.5 Å².